The third-order valence-corrected chi connectivity index (χ3v) is 5.85. The summed E-state index contributed by atoms with van der Waals surface area (Å²) in [6.45, 7) is 0.711. The molecule has 2 amide bonds. The molecule has 1 saturated heterocycles. The van der Waals surface area contributed by atoms with E-state index in [4.69, 9.17) is 0 Å². The van der Waals surface area contributed by atoms with Crippen molar-refractivity contribution in [3.63, 3.8) is 0 Å². The first kappa shape index (κ1) is 18.5. The van der Waals surface area contributed by atoms with E-state index in [0.29, 0.717) is 18.5 Å². The third kappa shape index (κ3) is 3.36. The first-order valence-electron chi connectivity index (χ1n) is 10.4. The Bertz CT molecular complexity index is 1090. The molecule has 5 rings (SSSR count). The number of rotatable bonds is 4. The minimum atomic E-state index is -0.132. The number of aromatic nitrogens is 3. The maximum atomic E-state index is 13.0. The minimum absolute atomic E-state index is 0.0872. The lowest BCUT2D eigenvalue weighted by molar-refractivity contribution is -0.117. The van der Waals surface area contributed by atoms with Crippen LogP contribution in [0.2, 0.25) is 0 Å². The van der Waals surface area contributed by atoms with Crippen LogP contribution in [0, 0.1) is 0 Å². The van der Waals surface area contributed by atoms with Crippen molar-refractivity contribution in [3.8, 4) is 5.82 Å². The molecular weight excluding hydrogens is 378 g/mol. The molecule has 3 aromatic rings. The van der Waals surface area contributed by atoms with E-state index in [-0.39, 0.29) is 17.9 Å². The number of carbonyl (C=O) groups excluding carboxylic acids is 2. The predicted molar refractivity (Wildman–Crippen MR) is 113 cm³/mol. The van der Waals surface area contributed by atoms with Crippen molar-refractivity contribution in [1.29, 1.82) is 0 Å². The highest BCUT2D eigenvalue weighted by Crippen LogP contribution is 2.31. The number of anilines is 1. The maximum absolute atomic E-state index is 13.0. The van der Waals surface area contributed by atoms with E-state index in [1.165, 1.54) is 0 Å². The van der Waals surface area contributed by atoms with Gasteiger partial charge >= 0.3 is 0 Å². The van der Waals surface area contributed by atoms with Crippen molar-refractivity contribution in [2.75, 3.05) is 11.4 Å². The van der Waals surface area contributed by atoms with Crippen LogP contribution in [-0.2, 0) is 11.2 Å². The lowest BCUT2D eigenvalue weighted by atomic mass is 9.92. The molecule has 1 N–H and O–H groups in total. The quantitative estimate of drug-likeness (QED) is 0.728. The summed E-state index contributed by atoms with van der Waals surface area (Å²) in [5.74, 6) is 0.770. The first-order chi connectivity index (χ1) is 14.7. The monoisotopic (exact) mass is 401 g/mol. The Morgan fingerprint density at radius 1 is 1.10 bits per heavy atom. The van der Waals surface area contributed by atoms with Gasteiger partial charge in [0.1, 0.15) is 0 Å². The number of nitrogens with zero attached hydrogens (tertiary/aromatic N) is 4. The van der Waals surface area contributed by atoms with E-state index in [2.05, 4.69) is 15.4 Å². The number of amides is 2. The Labute approximate surface area is 174 Å². The fourth-order valence-electron chi connectivity index (χ4n) is 4.36. The first-order valence-corrected chi connectivity index (χ1v) is 10.4. The Balaban J connectivity index is 1.37. The molecule has 152 valence electrons. The smallest absolute Gasteiger partial charge is 0.251 e. The SMILES string of the molecule is O=C(NC1CCCc2c1cnn2-c1ccccn1)c1cccc(N2CCCC2=O)c1. The summed E-state index contributed by atoms with van der Waals surface area (Å²) in [7, 11) is 0. The maximum Gasteiger partial charge on any atom is 0.251 e. The second-order valence-corrected chi connectivity index (χ2v) is 7.76. The van der Waals surface area contributed by atoms with Crippen LogP contribution in [0.15, 0.2) is 54.9 Å². The van der Waals surface area contributed by atoms with Crippen molar-refractivity contribution < 1.29 is 9.59 Å². The van der Waals surface area contributed by atoms with Gasteiger partial charge in [0.2, 0.25) is 5.91 Å². The number of hydrogen-bond donors (Lipinski definition) is 1. The highest BCUT2D eigenvalue weighted by atomic mass is 16.2. The van der Waals surface area contributed by atoms with Gasteiger partial charge in [-0.1, -0.05) is 12.1 Å². The molecule has 2 aliphatic rings. The van der Waals surface area contributed by atoms with E-state index in [0.717, 1.165) is 48.4 Å². The van der Waals surface area contributed by atoms with Crippen molar-refractivity contribution in [2.24, 2.45) is 0 Å². The fourth-order valence-corrected chi connectivity index (χ4v) is 4.36. The molecule has 1 atom stereocenters. The highest BCUT2D eigenvalue weighted by Gasteiger charge is 2.27. The van der Waals surface area contributed by atoms with E-state index in [9.17, 15) is 9.59 Å². The molecule has 1 fully saturated rings. The summed E-state index contributed by atoms with van der Waals surface area (Å²) in [5.41, 5.74) is 3.50. The Morgan fingerprint density at radius 2 is 2.03 bits per heavy atom. The molecule has 2 aromatic heterocycles. The molecule has 0 bridgehead atoms. The van der Waals surface area contributed by atoms with Gasteiger partial charge in [0, 0.05) is 36.0 Å². The number of hydrogen-bond acceptors (Lipinski definition) is 4. The van der Waals surface area contributed by atoms with Gasteiger partial charge in [0.15, 0.2) is 5.82 Å². The van der Waals surface area contributed by atoms with Gasteiger partial charge in [-0.25, -0.2) is 9.67 Å². The standard InChI is InChI=1S/C23H23N5O2/c29-22-11-5-13-27(22)17-7-3-6-16(14-17)23(30)26-19-8-4-9-20-18(19)15-25-28(20)21-10-1-2-12-24-21/h1-3,6-7,10,12,14-15,19H,4-5,8-9,11,13H2,(H,26,30). The van der Waals surface area contributed by atoms with Gasteiger partial charge in [0.25, 0.3) is 5.91 Å². The molecular formula is C23H23N5O2. The topological polar surface area (TPSA) is 80.1 Å². The average molecular weight is 401 g/mol. The van der Waals surface area contributed by atoms with Gasteiger partial charge in [-0.3, -0.25) is 9.59 Å². The van der Waals surface area contributed by atoms with Crippen LogP contribution in [0.4, 0.5) is 5.69 Å². The summed E-state index contributed by atoms with van der Waals surface area (Å²) in [6, 6.07) is 13.0. The van der Waals surface area contributed by atoms with Crippen molar-refractivity contribution >= 4 is 17.5 Å². The third-order valence-electron chi connectivity index (χ3n) is 5.85. The number of pyridine rings is 1. The summed E-state index contributed by atoms with van der Waals surface area (Å²) < 4.78 is 1.87. The zero-order valence-electron chi connectivity index (χ0n) is 16.6. The molecule has 3 heterocycles. The molecule has 7 nitrogen and oxygen atoms in total. The van der Waals surface area contributed by atoms with Crippen molar-refractivity contribution in [1.82, 2.24) is 20.1 Å². The van der Waals surface area contributed by atoms with E-state index in [1.807, 2.05) is 41.2 Å². The van der Waals surface area contributed by atoms with Crippen LogP contribution in [0.5, 0.6) is 0 Å². The molecule has 7 heteroatoms. The normalized spacial score (nSPS) is 18.3. The Kier molecular flexibility index (Phi) is 4.78. The van der Waals surface area contributed by atoms with Crippen LogP contribution >= 0.6 is 0 Å². The summed E-state index contributed by atoms with van der Waals surface area (Å²) in [4.78, 5) is 31.2. The molecule has 30 heavy (non-hydrogen) atoms. The molecule has 0 spiro atoms. The second kappa shape index (κ2) is 7.74. The van der Waals surface area contributed by atoms with Gasteiger partial charge < -0.3 is 10.2 Å². The van der Waals surface area contributed by atoms with Crippen molar-refractivity contribution in [2.45, 2.75) is 38.1 Å². The highest BCUT2D eigenvalue weighted by molar-refractivity contribution is 5.99. The number of benzene rings is 1. The number of nitrogens with one attached hydrogen (secondary N) is 1. The average Bonchev–Trinajstić information content (AvgIpc) is 3.41. The fraction of sp³-hybridized carbons (Fsp3) is 0.304. The van der Waals surface area contributed by atoms with Gasteiger partial charge in [-0.05, 0) is 56.0 Å². The number of carbonyl (C=O) groups is 2. The van der Waals surface area contributed by atoms with Gasteiger partial charge in [-0.2, -0.15) is 5.10 Å². The lowest BCUT2D eigenvalue weighted by Gasteiger charge is -2.24. The van der Waals surface area contributed by atoms with Crippen LogP contribution in [-0.4, -0.2) is 33.1 Å². The second-order valence-electron chi connectivity index (χ2n) is 7.76. The minimum Gasteiger partial charge on any atom is -0.345 e. The van der Waals surface area contributed by atoms with Crippen LogP contribution in [0.3, 0.4) is 0 Å². The largest absolute Gasteiger partial charge is 0.345 e. The van der Waals surface area contributed by atoms with E-state index < -0.39 is 0 Å². The lowest BCUT2D eigenvalue weighted by Crippen LogP contribution is -2.31. The Morgan fingerprint density at radius 3 is 2.83 bits per heavy atom. The molecule has 0 saturated carbocycles. The number of fused-ring (bicyclic) bond motifs is 1. The van der Waals surface area contributed by atoms with Crippen LogP contribution in [0.1, 0.15) is 53.3 Å². The predicted octanol–water partition coefficient (Wildman–Crippen LogP) is 3.20. The van der Waals surface area contributed by atoms with Crippen LogP contribution in [0.25, 0.3) is 5.82 Å². The van der Waals surface area contributed by atoms with Crippen LogP contribution < -0.4 is 10.2 Å². The zero-order valence-corrected chi connectivity index (χ0v) is 16.6. The molecule has 0 radical (unpaired) electrons. The zero-order chi connectivity index (χ0) is 20.5. The summed E-state index contributed by atoms with van der Waals surface area (Å²) in [6.07, 6.45) is 7.78. The van der Waals surface area contributed by atoms with Gasteiger partial charge in [-0.15, -0.1) is 0 Å². The summed E-state index contributed by atoms with van der Waals surface area (Å²) in [5, 5.41) is 7.70. The van der Waals surface area contributed by atoms with E-state index >= 15 is 0 Å². The molecule has 1 aliphatic carbocycles. The van der Waals surface area contributed by atoms with Gasteiger partial charge in [0.05, 0.1) is 17.9 Å². The van der Waals surface area contributed by atoms with Crippen molar-refractivity contribution in [3.05, 3.63) is 71.7 Å². The molecule has 1 aromatic carbocycles. The Hall–Kier alpha value is -3.48. The molecule has 1 aliphatic heterocycles. The summed E-state index contributed by atoms with van der Waals surface area (Å²) >= 11 is 0. The molecule has 1 unspecified atom stereocenters. The van der Waals surface area contributed by atoms with E-state index in [1.54, 1.807) is 23.2 Å².